The Bertz CT molecular complexity index is 384. The van der Waals surface area contributed by atoms with Crippen molar-refractivity contribution in [1.82, 2.24) is 4.90 Å². The van der Waals surface area contributed by atoms with E-state index in [4.69, 9.17) is 9.84 Å². The predicted molar refractivity (Wildman–Crippen MR) is 64.1 cm³/mol. The Hall–Kier alpha value is -1.39. The van der Waals surface area contributed by atoms with E-state index in [0.717, 1.165) is 38.3 Å². The van der Waals surface area contributed by atoms with Gasteiger partial charge < -0.3 is 9.84 Å². The molecule has 0 saturated carbocycles. The van der Waals surface area contributed by atoms with Crippen molar-refractivity contribution in [2.75, 3.05) is 26.3 Å². The molecule has 0 unspecified atom stereocenters. The van der Waals surface area contributed by atoms with E-state index in [1.807, 2.05) is 12.1 Å². The number of hydrogen-bond donors (Lipinski definition) is 1. The molecule has 1 saturated heterocycles. The van der Waals surface area contributed by atoms with Gasteiger partial charge in [0.15, 0.2) is 0 Å². The fourth-order valence-corrected chi connectivity index (χ4v) is 2.06. The summed E-state index contributed by atoms with van der Waals surface area (Å²) in [4.78, 5) is 13.3. The largest absolute Gasteiger partial charge is 0.478 e. The lowest BCUT2D eigenvalue weighted by Gasteiger charge is -2.19. The van der Waals surface area contributed by atoms with Gasteiger partial charge in [-0.05, 0) is 18.1 Å². The van der Waals surface area contributed by atoms with E-state index in [9.17, 15) is 4.79 Å². The average molecular weight is 235 g/mol. The highest BCUT2D eigenvalue weighted by Crippen LogP contribution is 2.13. The molecule has 1 aliphatic heterocycles. The smallest absolute Gasteiger partial charge is 0.336 e. The molecule has 0 spiro atoms. The normalized spacial score (nSPS) is 17.6. The van der Waals surface area contributed by atoms with Crippen LogP contribution >= 0.6 is 0 Å². The number of carboxylic acid groups (broad SMARTS) is 1. The number of carbonyl (C=O) groups is 1. The Kier molecular flexibility index (Phi) is 4.12. The van der Waals surface area contributed by atoms with Gasteiger partial charge in [-0.25, -0.2) is 4.79 Å². The molecule has 2 rings (SSSR count). The summed E-state index contributed by atoms with van der Waals surface area (Å²) in [5.74, 6) is -0.855. The van der Waals surface area contributed by atoms with Crippen LogP contribution in [0.4, 0.5) is 0 Å². The highest BCUT2D eigenvalue weighted by atomic mass is 16.5. The third-order valence-corrected chi connectivity index (χ3v) is 2.96. The van der Waals surface area contributed by atoms with Crippen LogP contribution < -0.4 is 0 Å². The zero-order chi connectivity index (χ0) is 12.1. The first-order valence-corrected chi connectivity index (χ1v) is 5.88. The van der Waals surface area contributed by atoms with E-state index in [0.29, 0.717) is 12.1 Å². The van der Waals surface area contributed by atoms with Crippen LogP contribution in [-0.2, 0) is 11.3 Å². The zero-order valence-electron chi connectivity index (χ0n) is 9.76. The standard InChI is InChI=1S/C13H17NO3/c15-13(16)12-5-2-1-4-11(12)10-14-6-3-8-17-9-7-14/h1-2,4-5H,3,6-10H2,(H,15,16). The van der Waals surface area contributed by atoms with Crippen molar-refractivity contribution in [3.8, 4) is 0 Å². The molecule has 0 aromatic heterocycles. The van der Waals surface area contributed by atoms with Crippen LogP contribution in [0, 0.1) is 0 Å². The highest BCUT2D eigenvalue weighted by molar-refractivity contribution is 5.89. The number of hydrogen-bond acceptors (Lipinski definition) is 3. The average Bonchev–Trinajstić information content (AvgIpc) is 2.58. The second-order valence-corrected chi connectivity index (χ2v) is 4.20. The summed E-state index contributed by atoms with van der Waals surface area (Å²) in [5, 5.41) is 9.11. The predicted octanol–water partition coefficient (Wildman–Crippen LogP) is 1.61. The van der Waals surface area contributed by atoms with Gasteiger partial charge in [-0.2, -0.15) is 0 Å². The fraction of sp³-hybridized carbons (Fsp3) is 0.462. The van der Waals surface area contributed by atoms with Gasteiger partial charge in [0, 0.05) is 26.2 Å². The summed E-state index contributed by atoms with van der Waals surface area (Å²) in [5.41, 5.74) is 1.28. The molecule has 0 amide bonds. The van der Waals surface area contributed by atoms with Crippen LogP contribution in [-0.4, -0.2) is 42.3 Å². The van der Waals surface area contributed by atoms with Crippen molar-refractivity contribution < 1.29 is 14.6 Å². The number of ether oxygens (including phenoxy) is 1. The maximum atomic E-state index is 11.1. The van der Waals surface area contributed by atoms with E-state index in [1.54, 1.807) is 12.1 Å². The van der Waals surface area contributed by atoms with Gasteiger partial charge in [-0.1, -0.05) is 18.2 Å². The van der Waals surface area contributed by atoms with Crippen molar-refractivity contribution in [2.45, 2.75) is 13.0 Å². The number of rotatable bonds is 3. The summed E-state index contributed by atoms with van der Waals surface area (Å²) in [6.07, 6.45) is 1.01. The summed E-state index contributed by atoms with van der Waals surface area (Å²) in [6.45, 7) is 4.06. The molecule has 4 nitrogen and oxygen atoms in total. The van der Waals surface area contributed by atoms with Gasteiger partial charge >= 0.3 is 5.97 Å². The molecular weight excluding hydrogens is 218 g/mol. The summed E-state index contributed by atoms with van der Waals surface area (Å²) < 4.78 is 5.38. The second-order valence-electron chi connectivity index (χ2n) is 4.20. The third kappa shape index (κ3) is 3.28. The first-order valence-electron chi connectivity index (χ1n) is 5.88. The molecule has 1 aliphatic rings. The molecule has 1 fully saturated rings. The lowest BCUT2D eigenvalue weighted by Crippen LogP contribution is -2.26. The third-order valence-electron chi connectivity index (χ3n) is 2.96. The lowest BCUT2D eigenvalue weighted by molar-refractivity contribution is 0.0694. The summed E-state index contributed by atoms with van der Waals surface area (Å²) in [7, 11) is 0. The van der Waals surface area contributed by atoms with Gasteiger partial charge in [-0.15, -0.1) is 0 Å². The molecule has 1 N–H and O–H groups in total. The Morgan fingerprint density at radius 3 is 2.94 bits per heavy atom. The van der Waals surface area contributed by atoms with Gasteiger partial charge in [0.2, 0.25) is 0 Å². The van der Waals surface area contributed by atoms with Crippen molar-refractivity contribution in [3.63, 3.8) is 0 Å². The molecule has 1 heterocycles. The van der Waals surface area contributed by atoms with Crippen molar-refractivity contribution in [3.05, 3.63) is 35.4 Å². The molecule has 4 heteroatoms. The fourth-order valence-electron chi connectivity index (χ4n) is 2.06. The first-order chi connectivity index (χ1) is 8.27. The van der Waals surface area contributed by atoms with Crippen LogP contribution in [0.25, 0.3) is 0 Å². The second kappa shape index (κ2) is 5.80. The molecule has 1 aromatic carbocycles. The Labute approximate surface area is 101 Å². The van der Waals surface area contributed by atoms with Crippen LogP contribution in [0.1, 0.15) is 22.3 Å². The number of carboxylic acids is 1. The lowest BCUT2D eigenvalue weighted by atomic mass is 10.1. The maximum absolute atomic E-state index is 11.1. The van der Waals surface area contributed by atoms with Crippen LogP contribution in [0.3, 0.4) is 0 Å². The number of nitrogens with zero attached hydrogens (tertiary/aromatic N) is 1. The molecule has 0 aliphatic carbocycles. The Morgan fingerprint density at radius 1 is 1.29 bits per heavy atom. The van der Waals surface area contributed by atoms with Crippen molar-refractivity contribution in [1.29, 1.82) is 0 Å². The minimum atomic E-state index is -0.855. The van der Waals surface area contributed by atoms with Gasteiger partial charge in [0.05, 0.1) is 12.2 Å². The maximum Gasteiger partial charge on any atom is 0.336 e. The molecule has 0 radical (unpaired) electrons. The first kappa shape index (κ1) is 12.1. The SMILES string of the molecule is O=C(O)c1ccccc1CN1CCCOCC1. The molecule has 92 valence electrons. The topological polar surface area (TPSA) is 49.8 Å². The quantitative estimate of drug-likeness (QED) is 0.864. The van der Waals surface area contributed by atoms with Crippen LogP contribution in [0.15, 0.2) is 24.3 Å². The van der Waals surface area contributed by atoms with Crippen molar-refractivity contribution in [2.24, 2.45) is 0 Å². The highest BCUT2D eigenvalue weighted by Gasteiger charge is 2.14. The van der Waals surface area contributed by atoms with Crippen molar-refractivity contribution >= 4 is 5.97 Å². The molecule has 1 aromatic rings. The monoisotopic (exact) mass is 235 g/mol. The van der Waals surface area contributed by atoms with Gasteiger partial charge in [-0.3, -0.25) is 4.90 Å². The minimum absolute atomic E-state index is 0.401. The molecule has 0 atom stereocenters. The number of benzene rings is 1. The van der Waals surface area contributed by atoms with Crippen LogP contribution in [0.5, 0.6) is 0 Å². The minimum Gasteiger partial charge on any atom is -0.478 e. The molecule has 17 heavy (non-hydrogen) atoms. The molecular formula is C13H17NO3. The van der Waals surface area contributed by atoms with E-state index in [1.165, 1.54) is 0 Å². The Morgan fingerprint density at radius 2 is 2.12 bits per heavy atom. The molecule has 0 bridgehead atoms. The van der Waals surface area contributed by atoms with E-state index in [2.05, 4.69) is 4.90 Å². The summed E-state index contributed by atoms with van der Waals surface area (Å²) in [6, 6.07) is 7.19. The Balaban J connectivity index is 2.09. The zero-order valence-corrected chi connectivity index (χ0v) is 9.76. The van der Waals surface area contributed by atoms with Crippen LogP contribution in [0.2, 0.25) is 0 Å². The number of aromatic carboxylic acids is 1. The van der Waals surface area contributed by atoms with E-state index < -0.39 is 5.97 Å². The van der Waals surface area contributed by atoms with E-state index >= 15 is 0 Å². The van der Waals surface area contributed by atoms with Gasteiger partial charge in [0.25, 0.3) is 0 Å². The van der Waals surface area contributed by atoms with E-state index in [-0.39, 0.29) is 0 Å². The van der Waals surface area contributed by atoms with Gasteiger partial charge in [0.1, 0.15) is 0 Å². The summed E-state index contributed by atoms with van der Waals surface area (Å²) >= 11 is 0.